The second-order valence-electron chi connectivity index (χ2n) is 10.4. The Balaban J connectivity index is 1.45. The van der Waals surface area contributed by atoms with Gasteiger partial charge >= 0.3 is 0 Å². The number of fused-ring (bicyclic) bond motifs is 3. The summed E-state index contributed by atoms with van der Waals surface area (Å²) in [6.07, 6.45) is 1.38. The lowest BCUT2D eigenvalue weighted by Gasteiger charge is -2.50. The molecule has 190 valence electrons. The van der Waals surface area contributed by atoms with Crippen molar-refractivity contribution in [1.82, 2.24) is 4.98 Å². The number of nitrogens with two attached hydrogens (primary N) is 1. The van der Waals surface area contributed by atoms with Crippen molar-refractivity contribution >= 4 is 17.3 Å². The molecule has 8 nitrogen and oxygen atoms in total. The SMILES string of the molecule is Cc1ncc(NC(=O)c2cccc(C(C)(C)C#N)c2)cc1-c1ccc2c(c1)N1CCOCC1(N)CC2O. The number of nitriles is 1. The summed E-state index contributed by atoms with van der Waals surface area (Å²) in [5.41, 5.74) is 11.3. The van der Waals surface area contributed by atoms with E-state index in [-0.39, 0.29) is 5.91 Å². The number of benzene rings is 2. The standard InChI is InChI=1S/C29H31N5O3/c1-18-24(19-7-8-23-25(12-19)34-9-10-37-17-29(34,31)14-26(23)35)13-22(15-32-18)33-27(36)20-5-4-6-21(11-20)28(2,3)16-30/h4-8,11-13,15,26,35H,9-10,14,17,31H2,1-3H3,(H,33,36). The van der Waals surface area contributed by atoms with Crippen LogP contribution < -0.4 is 16.0 Å². The Labute approximate surface area is 216 Å². The number of aliphatic hydroxyl groups excluding tert-OH is 1. The molecule has 0 spiro atoms. The molecule has 2 aliphatic rings. The molecular weight excluding hydrogens is 466 g/mol. The highest BCUT2D eigenvalue weighted by molar-refractivity contribution is 6.04. The average Bonchev–Trinajstić information content (AvgIpc) is 2.89. The third-order valence-corrected chi connectivity index (χ3v) is 7.36. The molecule has 2 atom stereocenters. The van der Waals surface area contributed by atoms with Gasteiger partial charge in [0.2, 0.25) is 0 Å². The number of aryl methyl sites for hydroxylation is 1. The van der Waals surface area contributed by atoms with Crippen LogP contribution in [0.5, 0.6) is 0 Å². The number of aromatic nitrogens is 1. The molecule has 1 amide bonds. The van der Waals surface area contributed by atoms with Crippen molar-refractivity contribution in [2.24, 2.45) is 5.73 Å². The summed E-state index contributed by atoms with van der Waals surface area (Å²) in [4.78, 5) is 19.7. The number of carbonyl (C=O) groups excluding carboxylic acids is 1. The first-order valence-electron chi connectivity index (χ1n) is 12.4. The number of nitrogens with one attached hydrogen (secondary N) is 1. The monoisotopic (exact) mass is 497 g/mol. The summed E-state index contributed by atoms with van der Waals surface area (Å²) in [5, 5.41) is 23.2. The van der Waals surface area contributed by atoms with Gasteiger partial charge in [0.15, 0.2) is 0 Å². The highest BCUT2D eigenvalue weighted by Crippen LogP contribution is 2.43. The molecule has 0 aliphatic carbocycles. The van der Waals surface area contributed by atoms with Gasteiger partial charge in [-0.2, -0.15) is 5.26 Å². The number of ether oxygens (including phenoxy) is 1. The molecule has 0 radical (unpaired) electrons. The second kappa shape index (κ2) is 9.27. The number of nitrogens with zero attached hydrogens (tertiary/aromatic N) is 3. The molecule has 0 saturated carbocycles. The number of carbonyl (C=O) groups is 1. The molecule has 8 heteroatoms. The zero-order chi connectivity index (χ0) is 26.4. The molecule has 0 bridgehead atoms. The summed E-state index contributed by atoms with van der Waals surface area (Å²) in [7, 11) is 0. The molecule has 4 N–H and O–H groups in total. The Morgan fingerprint density at radius 2 is 2.11 bits per heavy atom. The van der Waals surface area contributed by atoms with Crippen molar-refractivity contribution in [2.75, 3.05) is 30.0 Å². The van der Waals surface area contributed by atoms with Crippen LogP contribution >= 0.6 is 0 Å². The maximum atomic E-state index is 13.1. The van der Waals surface area contributed by atoms with E-state index in [1.54, 1.807) is 24.4 Å². The fourth-order valence-corrected chi connectivity index (χ4v) is 5.12. The summed E-state index contributed by atoms with van der Waals surface area (Å²) in [6, 6.07) is 17.2. The maximum absolute atomic E-state index is 13.1. The number of morpholine rings is 1. The van der Waals surface area contributed by atoms with Gasteiger partial charge in [0.1, 0.15) is 5.66 Å². The van der Waals surface area contributed by atoms with Gasteiger partial charge in [-0.1, -0.05) is 24.3 Å². The molecule has 1 fully saturated rings. The van der Waals surface area contributed by atoms with Crippen LogP contribution in [0.1, 0.15) is 53.6 Å². The van der Waals surface area contributed by atoms with Crippen molar-refractivity contribution in [1.29, 1.82) is 5.26 Å². The fourth-order valence-electron chi connectivity index (χ4n) is 5.12. The summed E-state index contributed by atoms with van der Waals surface area (Å²) in [6.45, 7) is 7.15. The lowest BCUT2D eigenvalue weighted by molar-refractivity contribution is 0.0159. The molecule has 5 rings (SSSR count). The molecule has 1 aromatic heterocycles. The Morgan fingerprint density at radius 3 is 2.89 bits per heavy atom. The lowest BCUT2D eigenvalue weighted by Crippen LogP contribution is -2.65. The third kappa shape index (κ3) is 4.58. The van der Waals surface area contributed by atoms with E-state index in [0.29, 0.717) is 37.4 Å². The number of hydrogen-bond donors (Lipinski definition) is 3. The predicted molar refractivity (Wildman–Crippen MR) is 142 cm³/mol. The van der Waals surface area contributed by atoms with E-state index in [2.05, 4.69) is 21.3 Å². The zero-order valence-corrected chi connectivity index (χ0v) is 21.3. The number of hydrogen-bond acceptors (Lipinski definition) is 7. The molecule has 1 saturated heterocycles. The van der Waals surface area contributed by atoms with E-state index in [1.807, 2.05) is 51.1 Å². The van der Waals surface area contributed by atoms with Crippen LogP contribution in [-0.4, -0.2) is 41.4 Å². The van der Waals surface area contributed by atoms with Crippen LogP contribution in [0.15, 0.2) is 54.7 Å². The molecule has 37 heavy (non-hydrogen) atoms. The van der Waals surface area contributed by atoms with Crippen LogP contribution in [0.3, 0.4) is 0 Å². The van der Waals surface area contributed by atoms with Crippen molar-refractivity contribution in [3.05, 3.63) is 77.1 Å². The largest absolute Gasteiger partial charge is 0.388 e. The minimum Gasteiger partial charge on any atom is -0.388 e. The van der Waals surface area contributed by atoms with E-state index < -0.39 is 17.2 Å². The third-order valence-electron chi connectivity index (χ3n) is 7.36. The minimum absolute atomic E-state index is 0.276. The number of anilines is 2. The van der Waals surface area contributed by atoms with Crippen LogP contribution in [0, 0.1) is 18.3 Å². The first kappa shape index (κ1) is 24.9. The second-order valence-corrected chi connectivity index (χ2v) is 10.4. The summed E-state index contributed by atoms with van der Waals surface area (Å²) >= 11 is 0. The summed E-state index contributed by atoms with van der Waals surface area (Å²) < 4.78 is 5.62. The molecule has 2 aliphatic heterocycles. The van der Waals surface area contributed by atoms with E-state index in [0.717, 1.165) is 33.6 Å². The van der Waals surface area contributed by atoms with Crippen molar-refractivity contribution < 1.29 is 14.6 Å². The predicted octanol–water partition coefficient (Wildman–Crippen LogP) is 4.04. The average molecular weight is 498 g/mol. The number of amides is 1. The van der Waals surface area contributed by atoms with Crippen molar-refractivity contribution in [3.8, 4) is 17.2 Å². The van der Waals surface area contributed by atoms with E-state index in [4.69, 9.17) is 10.5 Å². The fraction of sp³-hybridized carbons (Fsp3) is 0.345. The Morgan fingerprint density at radius 1 is 1.30 bits per heavy atom. The molecular formula is C29H31N5O3. The van der Waals surface area contributed by atoms with Crippen molar-refractivity contribution in [3.63, 3.8) is 0 Å². The zero-order valence-electron chi connectivity index (χ0n) is 21.3. The first-order chi connectivity index (χ1) is 17.6. The maximum Gasteiger partial charge on any atom is 0.255 e. The van der Waals surface area contributed by atoms with E-state index in [9.17, 15) is 15.2 Å². The van der Waals surface area contributed by atoms with Crippen molar-refractivity contribution in [2.45, 2.75) is 44.4 Å². The van der Waals surface area contributed by atoms with Gasteiger partial charge in [0.25, 0.3) is 5.91 Å². The number of rotatable bonds is 4. The highest BCUT2D eigenvalue weighted by atomic mass is 16.5. The Hall–Kier alpha value is -3.77. The van der Waals surface area contributed by atoms with Crippen LogP contribution in [0.25, 0.3) is 11.1 Å². The quantitative estimate of drug-likeness (QED) is 0.497. The number of pyridine rings is 1. The molecule has 3 heterocycles. The Bertz CT molecular complexity index is 1410. The van der Waals surface area contributed by atoms with Gasteiger partial charge in [-0.15, -0.1) is 0 Å². The number of aliphatic hydroxyl groups is 1. The topological polar surface area (TPSA) is 124 Å². The van der Waals surface area contributed by atoms with E-state index >= 15 is 0 Å². The van der Waals surface area contributed by atoms with Gasteiger partial charge in [-0.3, -0.25) is 9.78 Å². The van der Waals surface area contributed by atoms with E-state index in [1.165, 1.54) is 0 Å². The van der Waals surface area contributed by atoms with Crippen LogP contribution in [0.4, 0.5) is 11.4 Å². The van der Waals surface area contributed by atoms with Gasteiger partial charge in [0, 0.05) is 41.0 Å². The molecule has 2 aromatic carbocycles. The van der Waals surface area contributed by atoms with Gasteiger partial charge in [-0.25, -0.2) is 0 Å². The highest BCUT2D eigenvalue weighted by Gasteiger charge is 2.43. The van der Waals surface area contributed by atoms with Gasteiger partial charge in [-0.05, 0) is 56.2 Å². The molecule has 2 unspecified atom stereocenters. The molecule has 3 aromatic rings. The van der Waals surface area contributed by atoms with Crippen LogP contribution in [0.2, 0.25) is 0 Å². The van der Waals surface area contributed by atoms with Gasteiger partial charge < -0.3 is 25.8 Å². The van der Waals surface area contributed by atoms with Gasteiger partial charge in [0.05, 0.1) is 42.7 Å². The normalized spacial score (nSPS) is 21.0. The Kier molecular flexibility index (Phi) is 6.24. The minimum atomic E-state index is -0.749. The smallest absolute Gasteiger partial charge is 0.255 e. The lowest BCUT2D eigenvalue weighted by atomic mass is 9.85. The summed E-state index contributed by atoms with van der Waals surface area (Å²) in [5.74, 6) is -0.276. The first-order valence-corrected chi connectivity index (χ1v) is 12.4. The van der Waals surface area contributed by atoms with Crippen LogP contribution in [-0.2, 0) is 10.2 Å².